The van der Waals surface area contributed by atoms with Gasteiger partial charge < -0.3 is 10.4 Å². The van der Waals surface area contributed by atoms with E-state index in [1.54, 1.807) is 0 Å². The summed E-state index contributed by atoms with van der Waals surface area (Å²) in [6.45, 7) is 2.30. The monoisotopic (exact) mass is 141 g/mol. The van der Waals surface area contributed by atoms with Crippen molar-refractivity contribution < 1.29 is 5.11 Å². The van der Waals surface area contributed by atoms with Gasteiger partial charge in [0, 0.05) is 0 Å². The summed E-state index contributed by atoms with van der Waals surface area (Å²) in [6.07, 6.45) is 3.39. The van der Waals surface area contributed by atoms with Crippen molar-refractivity contribution in [1.82, 2.24) is 5.32 Å². The van der Waals surface area contributed by atoms with E-state index in [9.17, 15) is 5.11 Å². The van der Waals surface area contributed by atoms with Crippen LogP contribution >= 0.6 is 0 Å². The summed E-state index contributed by atoms with van der Waals surface area (Å²) in [4.78, 5) is 0. The summed E-state index contributed by atoms with van der Waals surface area (Å²) in [5.41, 5.74) is 0. The van der Waals surface area contributed by atoms with Crippen LogP contribution in [0.15, 0.2) is 0 Å². The molecule has 0 spiro atoms. The Balaban J connectivity index is 1.97. The Morgan fingerprint density at radius 2 is 2.00 bits per heavy atom. The average Bonchev–Trinajstić information content (AvgIpc) is 2.27. The number of hydrogen-bond donors (Lipinski definition) is 2. The van der Waals surface area contributed by atoms with Crippen molar-refractivity contribution in [1.29, 1.82) is 0 Å². The minimum absolute atomic E-state index is 0.00917. The molecule has 0 aromatic heterocycles. The molecule has 3 atom stereocenters. The molecule has 1 aliphatic carbocycles. The Hall–Kier alpha value is -0.0800. The molecule has 0 aromatic rings. The summed E-state index contributed by atoms with van der Waals surface area (Å²) in [5, 5.41) is 12.7. The molecule has 3 unspecified atom stereocenters. The molecule has 2 rings (SSSR count). The molecule has 2 aliphatic rings. The van der Waals surface area contributed by atoms with E-state index in [-0.39, 0.29) is 6.10 Å². The number of rotatable bonds is 0. The highest BCUT2D eigenvalue weighted by molar-refractivity contribution is 4.87. The number of aliphatic hydroxyl groups excluding tert-OH is 1. The van der Waals surface area contributed by atoms with Gasteiger partial charge in [0.1, 0.15) is 0 Å². The second-order valence-corrected chi connectivity index (χ2v) is 3.64. The van der Waals surface area contributed by atoms with Crippen LogP contribution in [0.4, 0.5) is 0 Å². The fraction of sp³-hybridized carbons (Fsp3) is 1.00. The van der Waals surface area contributed by atoms with Crippen molar-refractivity contribution in [2.75, 3.05) is 13.1 Å². The lowest BCUT2D eigenvalue weighted by Crippen LogP contribution is -2.33. The third kappa shape index (κ3) is 1.06. The summed E-state index contributed by atoms with van der Waals surface area (Å²) < 4.78 is 0. The zero-order valence-electron chi connectivity index (χ0n) is 6.21. The van der Waals surface area contributed by atoms with Gasteiger partial charge in [0.15, 0.2) is 0 Å². The summed E-state index contributed by atoms with van der Waals surface area (Å²) in [6, 6.07) is 0. The maximum atomic E-state index is 9.33. The zero-order chi connectivity index (χ0) is 6.97. The quantitative estimate of drug-likeness (QED) is 0.510. The van der Waals surface area contributed by atoms with Gasteiger partial charge in [-0.2, -0.15) is 0 Å². The molecule has 10 heavy (non-hydrogen) atoms. The van der Waals surface area contributed by atoms with Gasteiger partial charge in [-0.05, 0) is 44.2 Å². The van der Waals surface area contributed by atoms with E-state index in [1.807, 2.05) is 0 Å². The molecule has 2 heteroatoms. The van der Waals surface area contributed by atoms with Gasteiger partial charge in [-0.25, -0.2) is 0 Å². The topological polar surface area (TPSA) is 32.3 Å². The maximum Gasteiger partial charge on any atom is 0.0546 e. The first-order chi connectivity index (χ1) is 4.86. The van der Waals surface area contributed by atoms with Gasteiger partial charge in [-0.3, -0.25) is 0 Å². The van der Waals surface area contributed by atoms with Crippen LogP contribution in [0.3, 0.4) is 0 Å². The maximum absolute atomic E-state index is 9.33. The first-order valence-electron chi connectivity index (χ1n) is 4.25. The molecule has 2 N–H and O–H groups in total. The molecule has 2 fully saturated rings. The van der Waals surface area contributed by atoms with E-state index in [0.717, 1.165) is 37.8 Å². The molecular weight excluding hydrogens is 126 g/mol. The van der Waals surface area contributed by atoms with E-state index in [0.29, 0.717) is 0 Å². The Bertz CT molecular complexity index is 112. The lowest BCUT2D eigenvalue weighted by molar-refractivity contribution is 0.176. The Labute approximate surface area is 61.6 Å². The van der Waals surface area contributed by atoms with Crippen LogP contribution < -0.4 is 5.32 Å². The summed E-state index contributed by atoms with van der Waals surface area (Å²) >= 11 is 0. The number of aliphatic hydroxyl groups is 1. The fourth-order valence-electron chi connectivity index (χ4n) is 2.36. The third-order valence-corrected chi connectivity index (χ3v) is 2.91. The number of fused-ring (bicyclic) bond motifs is 1. The van der Waals surface area contributed by atoms with Gasteiger partial charge in [0.2, 0.25) is 0 Å². The van der Waals surface area contributed by atoms with Gasteiger partial charge in [0.05, 0.1) is 6.10 Å². The van der Waals surface area contributed by atoms with Crippen molar-refractivity contribution in [3.63, 3.8) is 0 Å². The first kappa shape index (κ1) is 6.62. The van der Waals surface area contributed by atoms with E-state index in [2.05, 4.69) is 5.32 Å². The standard InChI is InChI=1S/C8H15NO/c10-8-3-6-1-2-9-5-7(6)4-8/h6-10H,1-5H2. The lowest BCUT2D eigenvalue weighted by atomic mass is 9.90. The van der Waals surface area contributed by atoms with E-state index < -0.39 is 0 Å². The Morgan fingerprint density at radius 1 is 1.20 bits per heavy atom. The van der Waals surface area contributed by atoms with Crippen LogP contribution in [-0.2, 0) is 0 Å². The average molecular weight is 141 g/mol. The first-order valence-corrected chi connectivity index (χ1v) is 4.25. The van der Waals surface area contributed by atoms with Crippen LogP contribution in [0.25, 0.3) is 0 Å². The smallest absolute Gasteiger partial charge is 0.0546 e. The molecule has 58 valence electrons. The van der Waals surface area contributed by atoms with E-state index >= 15 is 0 Å². The van der Waals surface area contributed by atoms with Crippen molar-refractivity contribution >= 4 is 0 Å². The molecule has 1 heterocycles. The van der Waals surface area contributed by atoms with Crippen LogP contribution in [0.1, 0.15) is 19.3 Å². The van der Waals surface area contributed by atoms with Gasteiger partial charge >= 0.3 is 0 Å². The van der Waals surface area contributed by atoms with Crippen molar-refractivity contribution in [2.24, 2.45) is 11.8 Å². The minimum atomic E-state index is 0.00917. The van der Waals surface area contributed by atoms with Gasteiger partial charge in [-0.15, -0.1) is 0 Å². The second-order valence-electron chi connectivity index (χ2n) is 3.64. The number of piperidine rings is 1. The minimum Gasteiger partial charge on any atom is -0.393 e. The molecule has 1 saturated heterocycles. The van der Waals surface area contributed by atoms with Gasteiger partial charge in [0.25, 0.3) is 0 Å². The second kappa shape index (κ2) is 2.51. The number of nitrogens with one attached hydrogen (secondary N) is 1. The summed E-state index contributed by atoms with van der Waals surface area (Å²) in [5.74, 6) is 1.61. The highest BCUT2D eigenvalue weighted by Crippen LogP contribution is 2.35. The van der Waals surface area contributed by atoms with Crippen molar-refractivity contribution in [3.8, 4) is 0 Å². The van der Waals surface area contributed by atoms with Crippen LogP contribution in [-0.4, -0.2) is 24.3 Å². The van der Waals surface area contributed by atoms with Crippen LogP contribution in [0, 0.1) is 11.8 Å². The Morgan fingerprint density at radius 3 is 2.80 bits per heavy atom. The molecule has 1 saturated carbocycles. The zero-order valence-corrected chi connectivity index (χ0v) is 6.21. The third-order valence-electron chi connectivity index (χ3n) is 2.91. The predicted octanol–water partition coefficient (Wildman–Crippen LogP) is 0.367. The normalized spacial score (nSPS) is 47.1. The Kier molecular flexibility index (Phi) is 1.66. The summed E-state index contributed by atoms with van der Waals surface area (Å²) in [7, 11) is 0. The largest absolute Gasteiger partial charge is 0.393 e. The highest BCUT2D eigenvalue weighted by atomic mass is 16.3. The van der Waals surface area contributed by atoms with Gasteiger partial charge in [-0.1, -0.05) is 0 Å². The molecular formula is C8H15NO. The molecule has 0 aromatic carbocycles. The predicted molar refractivity (Wildman–Crippen MR) is 39.7 cm³/mol. The van der Waals surface area contributed by atoms with E-state index in [4.69, 9.17) is 0 Å². The molecule has 0 bridgehead atoms. The van der Waals surface area contributed by atoms with Crippen LogP contribution in [0.5, 0.6) is 0 Å². The molecule has 2 nitrogen and oxygen atoms in total. The molecule has 1 aliphatic heterocycles. The molecule has 0 radical (unpaired) electrons. The molecule has 0 amide bonds. The number of hydrogen-bond acceptors (Lipinski definition) is 2. The van der Waals surface area contributed by atoms with E-state index in [1.165, 1.54) is 6.42 Å². The van der Waals surface area contributed by atoms with Crippen molar-refractivity contribution in [3.05, 3.63) is 0 Å². The highest BCUT2D eigenvalue weighted by Gasteiger charge is 2.34. The SMILES string of the molecule is OC1CC2CCNCC2C1. The fourth-order valence-corrected chi connectivity index (χ4v) is 2.36. The van der Waals surface area contributed by atoms with Crippen molar-refractivity contribution in [2.45, 2.75) is 25.4 Å². The lowest BCUT2D eigenvalue weighted by Gasteiger charge is -2.25. The van der Waals surface area contributed by atoms with Crippen LogP contribution in [0.2, 0.25) is 0 Å².